The number of aromatic nitrogens is 3. The molecule has 2 atom stereocenters. The molecular weight excluding hydrogens is 497 g/mol. The minimum absolute atomic E-state index is 0.0795. The number of aromatic amines is 1. The molecular formula is C28H25F3N4O3. The lowest BCUT2D eigenvalue weighted by atomic mass is 9.97. The van der Waals surface area contributed by atoms with Crippen molar-refractivity contribution in [3.8, 4) is 22.5 Å². The zero-order valence-electron chi connectivity index (χ0n) is 20.7. The second kappa shape index (κ2) is 11.9. The monoisotopic (exact) mass is 522 g/mol. The third kappa shape index (κ3) is 5.71. The lowest BCUT2D eigenvalue weighted by Crippen LogP contribution is -2.30. The Labute approximate surface area is 217 Å². The molecule has 0 fully saturated rings. The Morgan fingerprint density at radius 1 is 1.11 bits per heavy atom. The fourth-order valence-electron chi connectivity index (χ4n) is 4.05. The third-order valence-electron chi connectivity index (χ3n) is 6.16. The zero-order valence-corrected chi connectivity index (χ0v) is 20.7. The average molecular weight is 523 g/mol. The number of ether oxygens (including phenoxy) is 1. The number of benzene rings is 2. The Morgan fingerprint density at radius 2 is 1.87 bits per heavy atom. The van der Waals surface area contributed by atoms with E-state index in [-0.39, 0.29) is 29.0 Å². The molecule has 2 aromatic carbocycles. The van der Waals surface area contributed by atoms with Crippen LogP contribution in [0.25, 0.3) is 22.5 Å². The SMILES string of the molecule is CO[C@H](CO)C(/C=N/C(=O)c1ccc(C)c(F)c1-c1n[nH]c(-c2ccc(F)cc2)c1F)Cc1ccccn1. The molecule has 1 unspecified atom stereocenters. The number of H-pyrrole nitrogens is 1. The Hall–Kier alpha value is -4.15. The number of aliphatic imine (C=N–C) groups is 1. The zero-order chi connectivity index (χ0) is 27.2. The predicted molar refractivity (Wildman–Crippen MR) is 136 cm³/mol. The molecule has 38 heavy (non-hydrogen) atoms. The molecule has 0 spiro atoms. The molecule has 1 amide bonds. The van der Waals surface area contributed by atoms with E-state index in [0.29, 0.717) is 17.7 Å². The van der Waals surface area contributed by atoms with Gasteiger partial charge in [0, 0.05) is 36.7 Å². The van der Waals surface area contributed by atoms with Gasteiger partial charge >= 0.3 is 0 Å². The Kier molecular flexibility index (Phi) is 8.45. The summed E-state index contributed by atoms with van der Waals surface area (Å²) in [6.45, 7) is 1.15. The van der Waals surface area contributed by atoms with Crippen LogP contribution in [0.15, 0.2) is 65.8 Å². The summed E-state index contributed by atoms with van der Waals surface area (Å²) in [7, 11) is 1.43. The van der Waals surface area contributed by atoms with Gasteiger partial charge in [0.2, 0.25) is 0 Å². The van der Waals surface area contributed by atoms with Crippen LogP contribution in [0.1, 0.15) is 21.6 Å². The number of pyridine rings is 1. The van der Waals surface area contributed by atoms with Crippen LogP contribution in [0.4, 0.5) is 13.2 Å². The summed E-state index contributed by atoms with van der Waals surface area (Å²) in [5.74, 6) is -3.58. The van der Waals surface area contributed by atoms with Crippen molar-refractivity contribution in [3.05, 3.63) is 95.1 Å². The lowest BCUT2D eigenvalue weighted by Gasteiger charge is -2.20. The number of halogens is 3. The van der Waals surface area contributed by atoms with Gasteiger partial charge in [-0.2, -0.15) is 5.10 Å². The summed E-state index contributed by atoms with van der Waals surface area (Å²) in [5, 5.41) is 16.2. The van der Waals surface area contributed by atoms with Crippen molar-refractivity contribution in [3.63, 3.8) is 0 Å². The second-order valence-corrected chi connectivity index (χ2v) is 8.62. The van der Waals surface area contributed by atoms with E-state index in [1.807, 2.05) is 6.07 Å². The highest BCUT2D eigenvalue weighted by Gasteiger charge is 2.26. The molecule has 7 nitrogen and oxygen atoms in total. The quantitative estimate of drug-likeness (QED) is 0.303. The van der Waals surface area contributed by atoms with Crippen LogP contribution in [0.3, 0.4) is 0 Å². The van der Waals surface area contributed by atoms with Crippen molar-refractivity contribution in [2.45, 2.75) is 19.4 Å². The standard InChI is InChI=1S/C28H25F3N4O3/c1-16-6-11-21(28(37)33-14-18(22(15-36)38-2)13-20-5-3-4-12-32-20)23(24(16)30)27-25(31)26(34-35-27)17-7-9-19(29)10-8-17/h3-12,14,18,22,36H,13,15H2,1-2H3,(H,34,35)/b33-14+/t18?,22-/m1/s1. The number of nitrogens with one attached hydrogen (secondary N) is 1. The van der Waals surface area contributed by atoms with Gasteiger partial charge in [0.25, 0.3) is 5.91 Å². The average Bonchev–Trinajstić information content (AvgIpc) is 3.30. The molecule has 4 aromatic rings. The number of carbonyl (C=O) groups is 1. The molecule has 0 radical (unpaired) electrons. The first-order chi connectivity index (χ1) is 18.3. The van der Waals surface area contributed by atoms with Crippen LogP contribution < -0.4 is 0 Å². The Morgan fingerprint density at radius 3 is 2.53 bits per heavy atom. The minimum atomic E-state index is -0.896. The Balaban J connectivity index is 1.71. The molecule has 0 saturated carbocycles. The number of methoxy groups -OCH3 is 1. The molecule has 2 N–H and O–H groups in total. The van der Waals surface area contributed by atoms with Crippen LogP contribution in [0, 0.1) is 30.3 Å². The number of hydrogen-bond acceptors (Lipinski definition) is 5. The lowest BCUT2D eigenvalue weighted by molar-refractivity contribution is 0.0271. The van der Waals surface area contributed by atoms with Crippen molar-refractivity contribution in [1.82, 2.24) is 15.2 Å². The van der Waals surface area contributed by atoms with E-state index < -0.39 is 41.1 Å². The number of amides is 1. The van der Waals surface area contributed by atoms with E-state index in [0.717, 1.165) is 12.1 Å². The van der Waals surface area contributed by atoms with Crippen LogP contribution in [-0.4, -0.2) is 52.2 Å². The first-order valence-electron chi connectivity index (χ1n) is 11.7. The summed E-state index contributed by atoms with van der Waals surface area (Å²) in [6.07, 6.45) is 2.59. The third-order valence-corrected chi connectivity index (χ3v) is 6.16. The van der Waals surface area contributed by atoms with Gasteiger partial charge in [-0.15, -0.1) is 0 Å². The van der Waals surface area contributed by atoms with Crippen molar-refractivity contribution >= 4 is 12.1 Å². The van der Waals surface area contributed by atoms with Gasteiger partial charge in [-0.25, -0.2) is 18.2 Å². The fourth-order valence-corrected chi connectivity index (χ4v) is 4.05. The maximum absolute atomic E-state index is 15.5. The number of aliphatic hydroxyl groups is 1. The molecule has 2 heterocycles. The van der Waals surface area contributed by atoms with Gasteiger partial charge in [-0.05, 0) is 61.4 Å². The molecule has 0 aliphatic heterocycles. The smallest absolute Gasteiger partial charge is 0.277 e. The van der Waals surface area contributed by atoms with Gasteiger partial charge in [0.15, 0.2) is 5.82 Å². The number of aliphatic hydroxyl groups excluding tert-OH is 1. The molecule has 0 bridgehead atoms. The van der Waals surface area contributed by atoms with Gasteiger partial charge in [-0.3, -0.25) is 14.9 Å². The van der Waals surface area contributed by atoms with Crippen LogP contribution in [0.5, 0.6) is 0 Å². The van der Waals surface area contributed by atoms with Gasteiger partial charge in [0.1, 0.15) is 23.0 Å². The van der Waals surface area contributed by atoms with Crippen molar-refractivity contribution in [2.24, 2.45) is 10.9 Å². The van der Waals surface area contributed by atoms with Crippen molar-refractivity contribution in [2.75, 3.05) is 13.7 Å². The molecule has 4 rings (SSSR count). The van der Waals surface area contributed by atoms with E-state index >= 15 is 8.78 Å². The molecule has 0 saturated heterocycles. The number of rotatable bonds is 9. The van der Waals surface area contributed by atoms with Crippen molar-refractivity contribution in [1.29, 1.82) is 0 Å². The molecule has 0 aliphatic carbocycles. The maximum atomic E-state index is 15.5. The maximum Gasteiger partial charge on any atom is 0.277 e. The van der Waals surface area contributed by atoms with E-state index in [2.05, 4.69) is 20.2 Å². The summed E-state index contributed by atoms with van der Waals surface area (Å²) < 4.78 is 49.5. The molecule has 0 aliphatic rings. The van der Waals surface area contributed by atoms with E-state index in [1.165, 1.54) is 44.5 Å². The topological polar surface area (TPSA) is 100 Å². The summed E-state index contributed by atoms with van der Waals surface area (Å²) in [6, 6.07) is 13.1. The normalized spacial score (nSPS) is 13.1. The highest BCUT2D eigenvalue weighted by molar-refractivity contribution is 6.04. The predicted octanol–water partition coefficient (Wildman–Crippen LogP) is 4.94. The van der Waals surface area contributed by atoms with Crippen LogP contribution in [-0.2, 0) is 11.2 Å². The highest BCUT2D eigenvalue weighted by atomic mass is 19.1. The molecule has 2 aromatic heterocycles. The second-order valence-electron chi connectivity index (χ2n) is 8.62. The van der Waals surface area contributed by atoms with Gasteiger partial charge < -0.3 is 9.84 Å². The first kappa shape index (κ1) is 26.9. The minimum Gasteiger partial charge on any atom is -0.394 e. The number of carbonyl (C=O) groups excluding carboxylic acids is 1. The van der Waals surface area contributed by atoms with Gasteiger partial charge in [-0.1, -0.05) is 12.1 Å². The molecule has 196 valence electrons. The largest absolute Gasteiger partial charge is 0.394 e. The summed E-state index contributed by atoms with van der Waals surface area (Å²) in [5.41, 5.74) is 0.146. The fraction of sp³-hybridized carbons (Fsp3) is 0.214. The first-order valence-corrected chi connectivity index (χ1v) is 11.7. The van der Waals surface area contributed by atoms with Crippen LogP contribution >= 0.6 is 0 Å². The number of nitrogens with zero attached hydrogens (tertiary/aromatic N) is 3. The number of hydrogen-bond donors (Lipinski definition) is 2. The van der Waals surface area contributed by atoms with E-state index in [4.69, 9.17) is 4.74 Å². The van der Waals surface area contributed by atoms with Crippen molar-refractivity contribution < 1.29 is 27.8 Å². The molecule has 10 heteroatoms. The summed E-state index contributed by atoms with van der Waals surface area (Å²) in [4.78, 5) is 21.5. The van der Waals surface area contributed by atoms with Crippen LogP contribution in [0.2, 0.25) is 0 Å². The van der Waals surface area contributed by atoms with Gasteiger partial charge in [0.05, 0.1) is 23.8 Å². The summed E-state index contributed by atoms with van der Waals surface area (Å²) >= 11 is 0. The highest BCUT2D eigenvalue weighted by Crippen LogP contribution is 2.34. The number of aryl methyl sites for hydroxylation is 1. The van der Waals surface area contributed by atoms with E-state index in [1.54, 1.807) is 18.3 Å². The van der Waals surface area contributed by atoms with E-state index in [9.17, 15) is 14.3 Å². The Bertz CT molecular complexity index is 1440.